The fourth-order valence-corrected chi connectivity index (χ4v) is 7.05. The highest BCUT2D eigenvalue weighted by Crippen LogP contribution is 2.48. The normalized spacial score (nSPS) is 11.9. The topological polar surface area (TPSA) is 69.7 Å². The number of ether oxygens (including phenoxy) is 1. The number of carbonyl (C=O) groups excluding carboxylic acids is 1. The monoisotopic (exact) mass is 554 g/mol. The smallest absolute Gasteiger partial charge is 0.315 e. The molecule has 0 amide bonds. The molecule has 0 aliphatic heterocycles. The second-order valence-corrected chi connectivity index (χ2v) is 12.5. The Morgan fingerprint density at radius 1 is 1.00 bits per heavy atom. The van der Waals surface area contributed by atoms with Crippen molar-refractivity contribution in [2.45, 2.75) is 31.1 Å². The molecule has 0 fully saturated rings. The minimum Gasteiger partial charge on any atom is -0.468 e. The van der Waals surface area contributed by atoms with Gasteiger partial charge in [0.25, 0.3) is 10.0 Å². The zero-order valence-corrected chi connectivity index (χ0v) is 23.6. The van der Waals surface area contributed by atoms with Crippen molar-refractivity contribution in [2.75, 3.05) is 7.11 Å². The van der Waals surface area contributed by atoms with E-state index in [0.29, 0.717) is 43.9 Å². The van der Waals surface area contributed by atoms with Gasteiger partial charge in [0.2, 0.25) is 5.00 Å². The number of hydrogen-bond donors (Lipinski definition) is 0. The number of thiophene rings is 1. The molecular weight excluding hydrogens is 528 g/mol. The summed E-state index contributed by atoms with van der Waals surface area (Å²) in [7, 11) is -2.72. The molecule has 0 aliphatic carbocycles. The van der Waals surface area contributed by atoms with Gasteiger partial charge in [0.15, 0.2) is 0 Å². The highest BCUT2D eigenvalue weighted by atomic mass is 32.2. The van der Waals surface area contributed by atoms with Gasteiger partial charge in [-0.1, -0.05) is 60.2 Å². The summed E-state index contributed by atoms with van der Waals surface area (Å²) >= 11 is 1.31. The van der Waals surface area contributed by atoms with Crippen molar-refractivity contribution in [1.82, 2.24) is 3.97 Å². The van der Waals surface area contributed by atoms with Gasteiger partial charge in [0, 0.05) is 22.1 Å². The van der Waals surface area contributed by atoms with Crippen LogP contribution in [-0.2, 0) is 25.0 Å². The molecule has 5 aromatic rings. The van der Waals surface area contributed by atoms with Gasteiger partial charge in [-0.15, -0.1) is 0 Å². The van der Waals surface area contributed by atoms with Crippen LogP contribution in [0.15, 0.2) is 89.1 Å². The van der Waals surface area contributed by atoms with Crippen LogP contribution in [0.4, 0.5) is 5.00 Å². The minimum atomic E-state index is -4.07. The number of methoxy groups -OCH3 is 1. The number of aryl methyl sites for hydroxylation is 1. The molecule has 0 saturated heterocycles. The van der Waals surface area contributed by atoms with E-state index in [1.165, 1.54) is 22.4 Å². The molecule has 39 heavy (non-hydrogen) atoms. The van der Waals surface area contributed by atoms with Crippen molar-refractivity contribution in [3.8, 4) is 22.4 Å². The van der Waals surface area contributed by atoms with E-state index in [-0.39, 0.29) is 4.90 Å². The van der Waals surface area contributed by atoms with Gasteiger partial charge in [-0.3, -0.25) is 4.79 Å². The third-order valence-electron chi connectivity index (χ3n) is 6.96. The largest absolute Gasteiger partial charge is 0.468 e. The molecule has 8 heteroatoms. The number of nitrogens with zero attached hydrogens (tertiary/aromatic N) is 2. The maximum Gasteiger partial charge on any atom is 0.315 e. The molecule has 0 aliphatic rings. The van der Waals surface area contributed by atoms with Gasteiger partial charge >= 0.3 is 5.97 Å². The van der Waals surface area contributed by atoms with Crippen LogP contribution >= 0.6 is 11.3 Å². The van der Waals surface area contributed by atoms with Crippen molar-refractivity contribution in [1.29, 1.82) is 0 Å². The average Bonchev–Trinajstić information content (AvgIpc) is 3.55. The summed E-state index contributed by atoms with van der Waals surface area (Å²) in [4.78, 5) is 16.5. The molecule has 0 atom stereocenters. The van der Waals surface area contributed by atoms with Crippen LogP contribution in [0.5, 0.6) is 0 Å². The number of benzene rings is 3. The standard InChI is InChI=1S/C31H26N2O4S2/c1-20-13-15-23(16-14-20)39(35,36)33-26-12-7-6-11-24(26)27(25-17-18-38-29(25)32-4)28(33)21-9-8-10-22(19-21)31(2,3)30(34)37-5/h6-19H,1-3,5H3. The van der Waals surface area contributed by atoms with E-state index in [0.717, 1.165) is 5.56 Å². The summed E-state index contributed by atoms with van der Waals surface area (Å²) in [5.74, 6) is -0.402. The van der Waals surface area contributed by atoms with Crippen LogP contribution < -0.4 is 0 Å². The first-order chi connectivity index (χ1) is 18.6. The zero-order chi connectivity index (χ0) is 27.9. The third kappa shape index (κ3) is 4.34. The minimum absolute atomic E-state index is 0.156. The first-order valence-electron chi connectivity index (χ1n) is 12.2. The first kappa shape index (κ1) is 26.4. The summed E-state index contributed by atoms with van der Waals surface area (Å²) in [6.45, 7) is 13.2. The van der Waals surface area contributed by atoms with Crippen LogP contribution in [0.25, 0.3) is 38.1 Å². The predicted octanol–water partition coefficient (Wildman–Crippen LogP) is 7.58. The van der Waals surface area contributed by atoms with Gasteiger partial charge in [-0.05, 0) is 56.0 Å². The second-order valence-electron chi connectivity index (χ2n) is 9.77. The molecule has 3 aromatic carbocycles. The first-order valence-corrected chi connectivity index (χ1v) is 14.5. The van der Waals surface area contributed by atoms with E-state index in [4.69, 9.17) is 11.3 Å². The van der Waals surface area contributed by atoms with E-state index in [1.54, 1.807) is 50.2 Å². The molecule has 0 N–H and O–H groups in total. The lowest BCUT2D eigenvalue weighted by Gasteiger charge is -2.23. The van der Waals surface area contributed by atoms with E-state index in [1.807, 2.05) is 54.8 Å². The van der Waals surface area contributed by atoms with Gasteiger partial charge in [0.1, 0.15) is 0 Å². The lowest BCUT2D eigenvalue weighted by Crippen LogP contribution is -2.30. The lowest BCUT2D eigenvalue weighted by atomic mass is 9.83. The Morgan fingerprint density at radius 3 is 2.41 bits per heavy atom. The quantitative estimate of drug-likeness (QED) is 0.160. The van der Waals surface area contributed by atoms with Crippen LogP contribution in [0.1, 0.15) is 25.0 Å². The average molecular weight is 555 g/mol. The Bertz CT molecular complexity index is 1870. The van der Waals surface area contributed by atoms with Gasteiger partial charge in [-0.25, -0.2) is 17.2 Å². The van der Waals surface area contributed by atoms with Gasteiger partial charge < -0.3 is 4.74 Å². The fraction of sp³-hybridized carbons (Fsp3) is 0.161. The number of carbonyl (C=O) groups is 1. The summed E-state index contributed by atoms with van der Waals surface area (Å²) in [5, 5.41) is 3.02. The maximum atomic E-state index is 14.4. The molecule has 0 spiro atoms. The predicted molar refractivity (Wildman–Crippen MR) is 156 cm³/mol. The number of rotatable bonds is 6. The summed E-state index contributed by atoms with van der Waals surface area (Å²) in [6, 6.07) is 23.2. The van der Waals surface area contributed by atoms with E-state index in [2.05, 4.69) is 4.85 Å². The number of para-hydroxylation sites is 1. The lowest BCUT2D eigenvalue weighted by molar-refractivity contribution is -0.146. The highest BCUT2D eigenvalue weighted by Gasteiger charge is 2.33. The zero-order valence-electron chi connectivity index (χ0n) is 21.9. The molecule has 0 unspecified atom stereocenters. The molecule has 0 bridgehead atoms. The van der Waals surface area contributed by atoms with Crippen LogP contribution in [-0.4, -0.2) is 25.5 Å². The summed E-state index contributed by atoms with van der Waals surface area (Å²) < 4.78 is 35.1. The number of fused-ring (bicyclic) bond motifs is 1. The Hall–Kier alpha value is -4.19. The van der Waals surface area contributed by atoms with Crippen molar-refractivity contribution >= 4 is 43.2 Å². The molecule has 0 saturated carbocycles. The van der Waals surface area contributed by atoms with E-state index in [9.17, 15) is 13.2 Å². The summed E-state index contributed by atoms with van der Waals surface area (Å²) in [6.07, 6.45) is 0. The second kappa shape index (κ2) is 9.84. The molecule has 2 aromatic heterocycles. The maximum absolute atomic E-state index is 14.4. The number of esters is 1. The van der Waals surface area contributed by atoms with Crippen LogP contribution in [0, 0.1) is 13.5 Å². The van der Waals surface area contributed by atoms with Crippen LogP contribution in [0.2, 0.25) is 0 Å². The van der Waals surface area contributed by atoms with Gasteiger partial charge in [0.05, 0.1) is 35.2 Å². The van der Waals surface area contributed by atoms with Gasteiger partial charge in [-0.2, -0.15) is 11.3 Å². The molecule has 6 nitrogen and oxygen atoms in total. The molecule has 5 rings (SSSR count). The highest BCUT2D eigenvalue weighted by molar-refractivity contribution is 7.90. The third-order valence-corrected chi connectivity index (χ3v) is 9.49. The molecular formula is C31H26N2O4S2. The SMILES string of the molecule is [C-]#[N+]c1sccc1-c1c(-c2cccc(C(C)(C)C(=O)OC)c2)n(S(=O)(=O)c2ccc(C)cc2)c2ccccc12. The van der Waals surface area contributed by atoms with Crippen molar-refractivity contribution < 1.29 is 17.9 Å². The Labute approximate surface area is 232 Å². The number of hydrogen-bond acceptors (Lipinski definition) is 5. The van der Waals surface area contributed by atoms with E-state index < -0.39 is 21.4 Å². The number of aromatic nitrogens is 1. The summed E-state index contributed by atoms with van der Waals surface area (Å²) in [5.41, 5.74) is 3.52. The molecule has 2 heterocycles. The van der Waals surface area contributed by atoms with Crippen LogP contribution in [0.3, 0.4) is 0 Å². The Kier molecular flexibility index (Phi) is 6.67. The molecule has 0 radical (unpaired) electrons. The van der Waals surface area contributed by atoms with Crippen molar-refractivity contribution in [3.63, 3.8) is 0 Å². The Balaban J connectivity index is 1.93. The Morgan fingerprint density at radius 2 is 1.72 bits per heavy atom. The van der Waals surface area contributed by atoms with E-state index >= 15 is 0 Å². The van der Waals surface area contributed by atoms with Crippen molar-refractivity contribution in [3.05, 3.63) is 107 Å². The fourth-order valence-electron chi connectivity index (χ4n) is 4.82. The molecule has 196 valence electrons. The van der Waals surface area contributed by atoms with Crippen molar-refractivity contribution in [2.24, 2.45) is 0 Å².